The second kappa shape index (κ2) is 8.47. The number of carbonyl (C=O) groups excluding carboxylic acids is 1. The lowest BCUT2D eigenvalue weighted by atomic mass is 10.1. The van der Waals surface area contributed by atoms with E-state index in [1.165, 1.54) is 11.8 Å². The lowest BCUT2D eigenvalue weighted by Gasteiger charge is -2.13. The van der Waals surface area contributed by atoms with Crippen LogP contribution >= 0.6 is 11.8 Å². The SMILES string of the molecule is CCOC(=O)CSc1cccc(OCC)c1CC(=O)O. The predicted octanol–water partition coefficient (Wildman–Crippen LogP) is 2.37. The number of hydrogen-bond acceptors (Lipinski definition) is 5. The molecule has 0 atom stereocenters. The van der Waals surface area contributed by atoms with Gasteiger partial charge in [0.15, 0.2) is 0 Å². The van der Waals surface area contributed by atoms with Crippen molar-refractivity contribution >= 4 is 23.7 Å². The molecule has 0 aliphatic rings. The Morgan fingerprint density at radius 1 is 1.25 bits per heavy atom. The Morgan fingerprint density at radius 3 is 2.60 bits per heavy atom. The largest absolute Gasteiger partial charge is 0.494 e. The number of benzene rings is 1. The molecule has 6 heteroatoms. The maximum Gasteiger partial charge on any atom is 0.316 e. The van der Waals surface area contributed by atoms with Crippen LogP contribution in [-0.4, -0.2) is 36.0 Å². The quantitative estimate of drug-likeness (QED) is 0.587. The van der Waals surface area contributed by atoms with E-state index in [1.807, 2.05) is 6.92 Å². The average molecular weight is 298 g/mol. The highest BCUT2D eigenvalue weighted by Crippen LogP contribution is 2.31. The molecule has 0 aliphatic carbocycles. The van der Waals surface area contributed by atoms with Crippen molar-refractivity contribution in [1.82, 2.24) is 0 Å². The third kappa shape index (κ3) is 5.13. The summed E-state index contributed by atoms with van der Waals surface area (Å²) in [4.78, 5) is 23.1. The van der Waals surface area contributed by atoms with Crippen LogP contribution in [0.2, 0.25) is 0 Å². The van der Waals surface area contributed by atoms with Gasteiger partial charge in [-0.1, -0.05) is 6.07 Å². The molecule has 0 spiro atoms. The molecule has 1 aromatic carbocycles. The highest BCUT2D eigenvalue weighted by atomic mass is 32.2. The molecule has 0 fully saturated rings. The molecule has 0 heterocycles. The van der Waals surface area contributed by atoms with Crippen LogP contribution in [-0.2, 0) is 20.7 Å². The van der Waals surface area contributed by atoms with Gasteiger partial charge >= 0.3 is 11.9 Å². The number of ether oxygens (including phenoxy) is 2. The van der Waals surface area contributed by atoms with Crippen molar-refractivity contribution in [2.45, 2.75) is 25.2 Å². The molecule has 1 aromatic rings. The Morgan fingerprint density at radius 2 is 2.00 bits per heavy atom. The lowest BCUT2D eigenvalue weighted by molar-refractivity contribution is -0.140. The van der Waals surface area contributed by atoms with E-state index in [-0.39, 0.29) is 18.1 Å². The van der Waals surface area contributed by atoms with Crippen molar-refractivity contribution < 1.29 is 24.2 Å². The molecule has 0 radical (unpaired) electrons. The van der Waals surface area contributed by atoms with Crippen LogP contribution < -0.4 is 4.74 Å². The van der Waals surface area contributed by atoms with E-state index in [2.05, 4.69) is 0 Å². The zero-order valence-electron chi connectivity index (χ0n) is 11.5. The molecule has 0 aromatic heterocycles. The van der Waals surface area contributed by atoms with Gasteiger partial charge in [-0.3, -0.25) is 9.59 Å². The number of thioether (sulfide) groups is 1. The Hall–Kier alpha value is -1.69. The van der Waals surface area contributed by atoms with E-state index >= 15 is 0 Å². The standard InChI is InChI=1S/C14H18O5S/c1-3-18-11-6-5-7-12(10(11)8-13(15)16)20-9-14(17)19-4-2/h5-7H,3-4,8-9H2,1-2H3,(H,15,16). The molecule has 1 N–H and O–H groups in total. The van der Waals surface area contributed by atoms with Crippen LogP contribution in [0.4, 0.5) is 0 Å². The van der Waals surface area contributed by atoms with Gasteiger partial charge < -0.3 is 14.6 Å². The van der Waals surface area contributed by atoms with Gasteiger partial charge in [0.25, 0.3) is 0 Å². The van der Waals surface area contributed by atoms with Crippen molar-refractivity contribution in [1.29, 1.82) is 0 Å². The summed E-state index contributed by atoms with van der Waals surface area (Å²) in [6, 6.07) is 5.30. The summed E-state index contributed by atoms with van der Waals surface area (Å²) >= 11 is 1.26. The summed E-state index contributed by atoms with van der Waals surface area (Å²) < 4.78 is 10.3. The topological polar surface area (TPSA) is 72.8 Å². The Kier molecular flexibility index (Phi) is 6.93. The van der Waals surface area contributed by atoms with Gasteiger partial charge in [-0.25, -0.2) is 0 Å². The number of aliphatic carboxylic acids is 1. The first kappa shape index (κ1) is 16.4. The van der Waals surface area contributed by atoms with Gasteiger partial charge in [-0.2, -0.15) is 0 Å². The van der Waals surface area contributed by atoms with Crippen LogP contribution in [0, 0.1) is 0 Å². The third-order valence-corrected chi connectivity index (χ3v) is 3.44. The van der Waals surface area contributed by atoms with E-state index in [4.69, 9.17) is 14.6 Å². The number of carboxylic acids is 1. The minimum absolute atomic E-state index is 0.138. The minimum Gasteiger partial charge on any atom is -0.494 e. The van der Waals surface area contributed by atoms with Crippen molar-refractivity contribution in [2.24, 2.45) is 0 Å². The zero-order chi connectivity index (χ0) is 15.0. The molecule has 0 bridgehead atoms. The fourth-order valence-corrected chi connectivity index (χ4v) is 2.51. The normalized spacial score (nSPS) is 10.1. The first-order valence-corrected chi connectivity index (χ1v) is 7.31. The van der Waals surface area contributed by atoms with E-state index in [0.717, 1.165) is 4.90 Å². The second-order valence-electron chi connectivity index (χ2n) is 3.83. The van der Waals surface area contributed by atoms with Gasteiger partial charge in [-0.05, 0) is 26.0 Å². The van der Waals surface area contributed by atoms with E-state index in [0.29, 0.717) is 24.5 Å². The Labute approximate surface area is 122 Å². The first-order valence-electron chi connectivity index (χ1n) is 6.33. The van der Waals surface area contributed by atoms with Crippen molar-refractivity contribution in [3.63, 3.8) is 0 Å². The van der Waals surface area contributed by atoms with E-state index < -0.39 is 5.97 Å². The average Bonchev–Trinajstić information content (AvgIpc) is 2.39. The number of esters is 1. The third-order valence-electron chi connectivity index (χ3n) is 2.37. The van der Waals surface area contributed by atoms with Crippen LogP contribution in [0.3, 0.4) is 0 Å². The number of hydrogen-bond donors (Lipinski definition) is 1. The van der Waals surface area contributed by atoms with E-state index in [9.17, 15) is 9.59 Å². The summed E-state index contributed by atoms with van der Waals surface area (Å²) in [5, 5.41) is 8.99. The van der Waals surface area contributed by atoms with E-state index in [1.54, 1.807) is 25.1 Å². The molecule has 0 saturated carbocycles. The van der Waals surface area contributed by atoms with Crippen molar-refractivity contribution in [2.75, 3.05) is 19.0 Å². The van der Waals surface area contributed by atoms with Gasteiger partial charge in [0.2, 0.25) is 0 Å². The van der Waals surface area contributed by atoms with Gasteiger partial charge in [0.1, 0.15) is 5.75 Å². The molecule has 0 aliphatic heterocycles. The van der Waals surface area contributed by atoms with Crippen molar-refractivity contribution in [3.05, 3.63) is 23.8 Å². The number of carboxylic acid groups (broad SMARTS) is 1. The zero-order valence-corrected chi connectivity index (χ0v) is 12.4. The van der Waals surface area contributed by atoms with Crippen LogP contribution in [0.25, 0.3) is 0 Å². The maximum absolute atomic E-state index is 11.4. The Balaban J connectivity index is 2.89. The van der Waals surface area contributed by atoms with Gasteiger partial charge in [0.05, 0.1) is 25.4 Å². The molecule has 110 valence electrons. The highest BCUT2D eigenvalue weighted by Gasteiger charge is 2.14. The Bertz CT molecular complexity index is 473. The molecule has 0 amide bonds. The molecule has 0 unspecified atom stereocenters. The van der Waals surface area contributed by atoms with Gasteiger partial charge in [0, 0.05) is 10.5 Å². The minimum atomic E-state index is -0.935. The van der Waals surface area contributed by atoms with Crippen LogP contribution in [0.5, 0.6) is 5.75 Å². The summed E-state index contributed by atoms with van der Waals surface area (Å²) in [5.41, 5.74) is 0.594. The highest BCUT2D eigenvalue weighted by molar-refractivity contribution is 8.00. The van der Waals surface area contributed by atoms with Gasteiger partial charge in [-0.15, -0.1) is 11.8 Å². The molecule has 5 nitrogen and oxygen atoms in total. The van der Waals surface area contributed by atoms with Crippen LogP contribution in [0.1, 0.15) is 19.4 Å². The lowest BCUT2D eigenvalue weighted by Crippen LogP contribution is -2.08. The summed E-state index contributed by atoms with van der Waals surface area (Å²) in [6.45, 7) is 4.37. The first-order chi connectivity index (χ1) is 9.58. The molecule has 0 saturated heterocycles. The predicted molar refractivity (Wildman–Crippen MR) is 76.3 cm³/mol. The molecular formula is C14H18O5S. The molecule has 20 heavy (non-hydrogen) atoms. The monoisotopic (exact) mass is 298 g/mol. The second-order valence-corrected chi connectivity index (χ2v) is 4.85. The molecular weight excluding hydrogens is 280 g/mol. The number of rotatable bonds is 8. The fourth-order valence-electron chi connectivity index (χ4n) is 1.64. The summed E-state index contributed by atoms with van der Waals surface area (Å²) in [6.07, 6.45) is -0.138. The maximum atomic E-state index is 11.4. The van der Waals surface area contributed by atoms with Crippen LogP contribution in [0.15, 0.2) is 23.1 Å². The molecule has 1 rings (SSSR count). The summed E-state index contributed by atoms with van der Waals surface area (Å²) in [7, 11) is 0. The van der Waals surface area contributed by atoms with Crippen molar-refractivity contribution in [3.8, 4) is 5.75 Å². The fraction of sp³-hybridized carbons (Fsp3) is 0.429. The smallest absolute Gasteiger partial charge is 0.316 e. The number of carbonyl (C=O) groups is 2. The summed E-state index contributed by atoms with van der Waals surface area (Å²) in [5.74, 6) is -0.560.